The van der Waals surface area contributed by atoms with Crippen LogP contribution in [-0.2, 0) is 19.0 Å². The Labute approximate surface area is 253 Å². The average molecular weight is 605 g/mol. The lowest BCUT2D eigenvalue weighted by Crippen LogP contribution is -2.58. The van der Waals surface area contributed by atoms with Gasteiger partial charge >= 0.3 is 5.97 Å². The molecule has 0 spiro atoms. The first-order valence-corrected chi connectivity index (χ1v) is 15.8. The summed E-state index contributed by atoms with van der Waals surface area (Å²) in [6.07, 6.45) is -4.87. The number of aliphatic hydroxyl groups is 5. The van der Waals surface area contributed by atoms with Gasteiger partial charge in [0.05, 0.1) is 35.9 Å². The van der Waals surface area contributed by atoms with Crippen molar-refractivity contribution in [1.29, 1.82) is 0 Å². The summed E-state index contributed by atoms with van der Waals surface area (Å²) in [5.74, 6) is -2.13. The summed E-state index contributed by atoms with van der Waals surface area (Å²) in [4.78, 5) is 17.3. The molecule has 42 heavy (non-hydrogen) atoms. The lowest BCUT2D eigenvalue weighted by molar-refractivity contribution is -0.291. The summed E-state index contributed by atoms with van der Waals surface area (Å²) in [6, 6.07) is -0.397. The molecule has 2 heterocycles. The third-order valence-corrected chi connectivity index (χ3v) is 9.46. The first kappa shape index (κ1) is 37.3. The first-order chi connectivity index (χ1) is 19.4. The van der Waals surface area contributed by atoms with Crippen LogP contribution in [0.1, 0.15) is 87.5 Å². The molecule has 2 saturated heterocycles. The van der Waals surface area contributed by atoms with Crippen molar-refractivity contribution in [3.05, 3.63) is 0 Å². The zero-order valence-electron chi connectivity index (χ0n) is 27.6. The predicted molar refractivity (Wildman–Crippen MR) is 160 cm³/mol. The lowest BCUT2D eigenvalue weighted by atomic mass is 9.83. The van der Waals surface area contributed by atoms with E-state index in [2.05, 4.69) is 11.8 Å². The van der Waals surface area contributed by atoms with Gasteiger partial charge in [-0.3, -0.25) is 4.79 Å². The maximum Gasteiger partial charge on any atom is 0.311 e. The van der Waals surface area contributed by atoms with E-state index in [0.717, 1.165) is 6.42 Å². The van der Waals surface area contributed by atoms with Gasteiger partial charge in [-0.05, 0) is 86.9 Å². The van der Waals surface area contributed by atoms with Gasteiger partial charge in [0.15, 0.2) is 6.29 Å². The van der Waals surface area contributed by atoms with Crippen LogP contribution in [-0.4, -0.2) is 135 Å². The zero-order chi connectivity index (χ0) is 32.2. The highest BCUT2D eigenvalue weighted by atomic mass is 16.7. The Balaban J connectivity index is 2.51. The average Bonchev–Trinajstić information content (AvgIpc) is 2.90. The van der Waals surface area contributed by atoms with E-state index >= 15 is 0 Å². The summed E-state index contributed by atoms with van der Waals surface area (Å²) >= 11 is 0. The molecule has 11 heteroatoms. The highest BCUT2D eigenvalue weighted by Crippen LogP contribution is 2.34. The highest BCUT2D eigenvalue weighted by molar-refractivity contribution is 5.73. The third-order valence-electron chi connectivity index (χ3n) is 9.46. The Morgan fingerprint density at radius 2 is 1.67 bits per heavy atom. The minimum atomic E-state index is -1.72. The Hall–Kier alpha value is -0.890. The van der Waals surface area contributed by atoms with Crippen molar-refractivity contribution in [2.24, 2.45) is 11.8 Å². The molecule has 0 aliphatic carbocycles. The normalized spacial score (nSPS) is 45.7. The van der Waals surface area contributed by atoms with Crippen LogP contribution in [0.2, 0.25) is 0 Å². The van der Waals surface area contributed by atoms with Gasteiger partial charge in [0.1, 0.15) is 17.8 Å². The van der Waals surface area contributed by atoms with Gasteiger partial charge < -0.3 is 49.5 Å². The van der Waals surface area contributed by atoms with Gasteiger partial charge in [-0.25, -0.2) is 0 Å². The Morgan fingerprint density at radius 3 is 2.21 bits per heavy atom. The van der Waals surface area contributed by atoms with E-state index in [9.17, 15) is 30.3 Å². The number of carbonyl (C=O) groups is 1. The van der Waals surface area contributed by atoms with Gasteiger partial charge in [-0.2, -0.15) is 0 Å². The number of ether oxygens (including phenoxy) is 3. The maximum atomic E-state index is 13.2. The minimum absolute atomic E-state index is 0.121. The van der Waals surface area contributed by atoms with Crippen LogP contribution in [0.25, 0.3) is 0 Å². The van der Waals surface area contributed by atoms with E-state index < -0.39 is 59.9 Å². The number of esters is 1. The van der Waals surface area contributed by atoms with Gasteiger partial charge in [0.25, 0.3) is 0 Å². The first-order valence-electron chi connectivity index (χ1n) is 15.8. The molecule has 0 bridgehead atoms. The van der Waals surface area contributed by atoms with Gasteiger partial charge in [-0.1, -0.05) is 20.8 Å². The van der Waals surface area contributed by atoms with E-state index in [1.54, 1.807) is 13.8 Å². The summed E-state index contributed by atoms with van der Waals surface area (Å²) in [6.45, 7) is 15.3. The smallest absolute Gasteiger partial charge is 0.311 e. The van der Waals surface area contributed by atoms with Crippen LogP contribution < -0.4 is 0 Å². The fourth-order valence-corrected chi connectivity index (χ4v) is 6.59. The fourth-order valence-electron chi connectivity index (χ4n) is 6.59. The van der Waals surface area contributed by atoms with E-state index in [-0.39, 0.29) is 43.4 Å². The lowest BCUT2D eigenvalue weighted by Gasteiger charge is -2.45. The van der Waals surface area contributed by atoms with Gasteiger partial charge in [-0.15, -0.1) is 0 Å². The van der Waals surface area contributed by atoms with Crippen LogP contribution in [0.5, 0.6) is 0 Å². The van der Waals surface area contributed by atoms with Crippen LogP contribution in [0.4, 0.5) is 0 Å². The SMILES string of the molecule is CCCN1C[C@@H](C)[C@@H](O)[C@](C)(O)[C@@H](CC)OC(=O)[C@H](C)[C@@H](O)C[C@@H](O[C@H]2O[C@H](C)C[C@H](N(C)C)[C@H]2O)[C@](C)(O)C[C@H]1C. The third kappa shape index (κ3) is 9.08. The topological polar surface area (TPSA) is 152 Å². The van der Waals surface area contributed by atoms with Crippen LogP contribution in [0, 0.1) is 11.8 Å². The number of cyclic esters (lactones) is 1. The molecule has 0 aromatic heterocycles. The number of carbonyl (C=O) groups excluding carboxylic acids is 1. The molecule has 0 radical (unpaired) electrons. The molecular weight excluding hydrogens is 544 g/mol. The molecule has 248 valence electrons. The van der Waals surface area contributed by atoms with Crippen molar-refractivity contribution >= 4 is 5.97 Å². The van der Waals surface area contributed by atoms with E-state index in [1.807, 2.05) is 39.8 Å². The molecule has 0 amide bonds. The molecule has 13 atom stereocenters. The second-order valence-electron chi connectivity index (χ2n) is 13.7. The molecule has 0 aromatic carbocycles. The van der Waals surface area contributed by atoms with E-state index in [0.29, 0.717) is 19.5 Å². The molecule has 2 aliphatic rings. The number of nitrogens with zero attached hydrogens (tertiary/aromatic N) is 2. The minimum Gasteiger partial charge on any atom is -0.459 e. The predicted octanol–water partition coefficient (Wildman–Crippen LogP) is 1.51. The van der Waals surface area contributed by atoms with Crippen LogP contribution >= 0.6 is 0 Å². The van der Waals surface area contributed by atoms with E-state index in [4.69, 9.17) is 14.2 Å². The monoisotopic (exact) mass is 604 g/mol. The zero-order valence-corrected chi connectivity index (χ0v) is 27.6. The summed E-state index contributed by atoms with van der Waals surface area (Å²) in [7, 11) is 3.76. The Morgan fingerprint density at radius 1 is 1.05 bits per heavy atom. The Kier molecular flexibility index (Phi) is 13.7. The second-order valence-corrected chi connectivity index (χ2v) is 13.7. The maximum absolute atomic E-state index is 13.2. The van der Waals surface area contributed by atoms with Crippen molar-refractivity contribution in [3.8, 4) is 0 Å². The molecule has 11 nitrogen and oxygen atoms in total. The molecule has 2 rings (SSSR count). The molecule has 0 saturated carbocycles. The number of rotatable bonds is 6. The molecule has 0 aromatic rings. The summed E-state index contributed by atoms with van der Waals surface area (Å²) < 4.78 is 18.0. The van der Waals surface area contributed by atoms with Gasteiger partial charge in [0.2, 0.25) is 0 Å². The Bertz CT molecular complexity index is 841. The van der Waals surface area contributed by atoms with Crippen molar-refractivity contribution in [2.45, 2.75) is 154 Å². The number of hydrogen-bond donors (Lipinski definition) is 5. The molecule has 0 unspecified atom stereocenters. The van der Waals surface area contributed by atoms with Crippen molar-refractivity contribution in [2.75, 3.05) is 27.2 Å². The second kappa shape index (κ2) is 15.4. The standard InChI is InChI=1S/C31H60N2O9/c1-11-13-33-17-18(3)27(36)31(8,39)24(12-2)41-28(37)21(6)23(34)15-25(30(7,38)16-19(33)4)42-29-26(35)22(32(9)10)14-20(5)40-29/h18-27,29,34-36,38-39H,11-17H2,1-10H3/t18-,19-,20-,21-,22+,23+,24-,25-,26-,27-,29-,30-,31-/m1/s1. The summed E-state index contributed by atoms with van der Waals surface area (Å²) in [5, 5.41) is 57.0. The van der Waals surface area contributed by atoms with Crippen LogP contribution in [0.15, 0.2) is 0 Å². The fraction of sp³-hybridized carbons (Fsp3) is 0.968. The molecule has 2 aliphatic heterocycles. The number of likely N-dealkylation sites (N-methyl/N-ethyl adjacent to an activating group) is 1. The summed E-state index contributed by atoms with van der Waals surface area (Å²) in [5.41, 5.74) is -3.21. The number of hydrogen-bond acceptors (Lipinski definition) is 11. The molecule has 2 fully saturated rings. The van der Waals surface area contributed by atoms with Crippen molar-refractivity contribution in [3.63, 3.8) is 0 Å². The highest BCUT2D eigenvalue weighted by Gasteiger charge is 2.47. The molecular formula is C31H60N2O9. The van der Waals surface area contributed by atoms with Gasteiger partial charge in [0, 0.05) is 25.0 Å². The van der Waals surface area contributed by atoms with Crippen molar-refractivity contribution < 1.29 is 44.5 Å². The quantitative estimate of drug-likeness (QED) is 0.281. The molecule has 5 N–H and O–H groups in total. The largest absolute Gasteiger partial charge is 0.459 e. The van der Waals surface area contributed by atoms with Crippen molar-refractivity contribution in [1.82, 2.24) is 9.80 Å². The van der Waals surface area contributed by atoms with E-state index in [1.165, 1.54) is 13.8 Å². The van der Waals surface area contributed by atoms with Crippen LogP contribution in [0.3, 0.4) is 0 Å². The number of aliphatic hydroxyl groups excluding tert-OH is 3.